The summed E-state index contributed by atoms with van der Waals surface area (Å²) in [7, 11) is 0. The Morgan fingerprint density at radius 3 is 2.83 bits per heavy atom. The van der Waals surface area contributed by atoms with Crippen molar-refractivity contribution in [1.82, 2.24) is 5.32 Å². The minimum Gasteiger partial charge on any atom is -0.490 e. The van der Waals surface area contributed by atoms with E-state index in [2.05, 4.69) is 5.32 Å². The molecule has 18 heavy (non-hydrogen) atoms. The molecule has 0 fully saturated rings. The highest BCUT2D eigenvalue weighted by atomic mass is 16.5. The first-order valence-electron chi connectivity index (χ1n) is 6.15. The molecule has 0 atom stereocenters. The van der Waals surface area contributed by atoms with Crippen LogP contribution in [0.3, 0.4) is 0 Å². The molecule has 98 valence electrons. The van der Waals surface area contributed by atoms with Crippen LogP contribution >= 0.6 is 0 Å². The molecule has 0 bridgehead atoms. The number of carbonyl (C=O) groups excluding carboxylic acids is 1. The summed E-state index contributed by atoms with van der Waals surface area (Å²) in [5, 5.41) is 2.74. The molecule has 1 aromatic rings. The van der Waals surface area contributed by atoms with Crippen molar-refractivity contribution in [2.45, 2.75) is 12.8 Å². The van der Waals surface area contributed by atoms with E-state index in [9.17, 15) is 4.79 Å². The summed E-state index contributed by atoms with van der Waals surface area (Å²) in [5.74, 6) is 1.45. The summed E-state index contributed by atoms with van der Waals surface area (Å²) >= 11 is 0. The van der Waals surface area contributed by atoms with Crippen molar-refractivity contribution in [3.63, 3.8) is 0 Å². The van der Waals surface area contributed by atoms with Crippen molar-refractivity contribution in [3.05, 3.63) is 23.8 Å². The van der Waals surface area contributed by atoms with Crippen molar-refractivity contribution < 1.29 is 14.3 Å². The molecule has 0 unspecified atom stereocenters. The lowest BCUT2D eigenvalue weighted by molar-refractivity contribution is -0.119. The van der Waals surface area contributed by atoms with Crippen LogP contribution in [0, 0.1) is 0 Å². The lowest BCUT2D eigenvalue weighted by Crippen LogP contribution is -2.31. The van der Waals surface area contributed by atoms with E-state index >= 15 is 0 Å². The Labute approximate surface area is 106 Å². The summed E-state index contributed by atoms with van der Waals surface area (Å²) in [6, 6.07) is 5.87. The van der Waals surface area contributed by atoms with Crippen molar-refractivity contribution >= 4 is 5.91 Å². The van der Waals surface area contributed by atoms with Gasteiger partial charge in [-0.25, -0.2) is 0 Å². The predicted molar refractivity (Wildman–Crippen MR) is 67.8 cm³/mol. The maximum Gasteiger partial charge on any atom is 0.233 e. The number of nitrogens with one attached hydrogen (secondary N) is 1. The molecule has 3 N–H and O–H groups in total. The highest BCUT2D eigenvalue weighted by Crippen LogP contribution is 2.30. The van der Waals surface area contributed by atoms with Gasteiger partial charge < -0.3 is 20.5 Å². The average Bonchev–Trinajstić information content (AvgIpc) is 2.63. The molecule has 1 aromatic carbocycles. The van der Waals surface area contributed by atoms with E-state index in [0.29, 0.717) is 19.8 Å². The predicted octanol–water partition coefficient (Wildman–Crippen LogP) is 0.465. The van der Waals surface area contributed by atoms with E-state index in [4.69, 9.17) is 15.2 Å². The monoisotopic (exact) mass is 250 g/mol. The molecule has 1 amide bonds. The maximum atomic E-state index is 11.0. The quantitative estimate of drug-likeness (QED) is 0.814. The zero-order valence-corrected chi connectivity index (χ0v) is 10.3. The third-order valence-electron chi connectivity index (χ3n) is 2.73. The molecule has 0 aliphatic carbocycles. The second-order valence-corrected chi connectivity index (χ2v) is 4.14. The minimum atomic E-state index is -0.135. The van der Waals surface area contributed by atoms with Gasteiger partial charge in [-0.1, -0.05) is 6.07 Å². The van der Waals surface area contributed by atoms with Crippen molar-refractivity contribution in [2.24, 2.45) is 5.73 Å². The second-order valence-electron chi connectivity index (χ2n) is 4.14. The second kappa shape index (κ2) is 6.26. The topological polar surface area (TPSA) is 73.6 Å². The lowest BCUT2D eigenvalue weighted by Gasteiger charge is -2.09. The minimum absolute atomic E-state index is 0.0289. The van der Waals surface area contributed by atoms with Crippen LogP contribution in [-0.4, -0.2) is 32.2 Å². The fourth-order valence-electron chi connectivity index (χ4n) is 1.78. The van der Waals surface area contributed by atoms with Gasteiger partial charge in [-0.05, 0) is 24.1 Å². The molecular formula is C13H18N2O3. The van der Waals surface area contributed by atoms with Crippen LogP contribution in [0.5, 0.6) is 11.5 Å². The fraction of sp³-hybridized carbons (Fsp3) is 0.462. The van der Waals surface area contributed by atoms with Gasteiger partial charge in [0, 0.05) is 13.0 Å². The molecule has 2 rings (SSSR count). The molecular weight excluding hydrogens is 232 g/mol. The van der Waals surface area contributed by atoms with Crippen LogP contribution in [-0.2, 0) is 11.2 Å². The highest BCUT2D eigenvalue weighted by molar-refractivity contribution is 5.77. The van der Waals surface area contributed by atoms with Crippen molar-refractivity contribution in [3.8, 4) is 11.5 Å². The van der Waals surface area contributed by atoms with E-state index in [1.54, 1.807) is 0 Å². The molecule has 0 aromatic heterocycles. The van der Waals surface area contributed by atoms with Gasteiger partial charge >= 0.3 is 0 Å². The van der Waals surface area contributed by atoms with E-state index < -0.39 is 0 Å². The van der Waals surface area contributed by atoms with Gasteiger partial charge in [-0.15, -0.1) is 0 Å². The largest absolute Gasteiger partial charge is 0.490 e. The van der Waals surface area contributed by atoms with Gasteiger partial charge in [0.25, 0.3) is 0 Å². The Morgan fingerprint density at radius 2 is 2.06 bits per heavy atom. The van der Waals surface area contributed by atoms with E-state index in [1.807, 2.05) is 18.2 Å². The zero-order valence-electron chi connectivity index (χ0n) is 10.3. The molecule has 0 saturated heterocycles. The number of hydrogen-bond donors (Lipinski definition) is 2. The van der Waals surface area contributed by atoms with Gasteiger partial charge in [0.2, 0.25) is 5.91 Å². The Bertz CT molecular complexity index is 421. The van der Waals surface area contributed by atoms with E-state index in [1.165, 1.54) is 0 Å². The molecule has 0 spiro atoms. The Hall–Kier alpha value is -1.75. The van der Waals surface area contributed by atoms with Crippen LogP contribution in [0.1, 0.15) is 12.0 Å². The smallest absolute Gasteiger partial charge is 0.233 e. The van der Waals surface area contributed by atoms with Gasteiger partial charge in [0.05, 0.1) is 19.8 Å². The molecule has 1 aliphatic rings. The third-order valence-corrected chi connectivity index (χ3v) is 2.73. The first-order valence-corrected chi connectivity index (χ1v) is 6.15. The van der Waals surface area contributed by atoms with Crippen molar-refractivity contribution in [1.29, 1.82) is 0 Å². The summed E-state index contributed by atoms with van der Waals surface area (Å²) in [5.41, 5.74) is 6.32. The SMILES string of the molecule is NCC(=O)NCCc1ccc2c(c1)OCCCO2. The Kier molecular flexibility index (Phi) is 4.41. The summed E-state index contributed by atoms with van der Waals surface area (Å²) < 4.78 is 11.2. The first kappa shape index (κ1) is 12.7. The maximum absolute atomic E-state index is 11.0. The van der Waals surface area contributed by atoms with Crippen LogP contribution in [0.4, 0.5) is 0 Å². The summed E-state index contributed by atoms with van der Waals surface area (Å²) in [4.78, 5) is 11.0. The number of hydrogen-bond acceptors (Lipinski definition) is 4. The van der Waals surface area contributed by atoms with E-state index in [-0.39, 0.29) is 12.5 Å². The standard InChI is InChI=1S/C13H18N2O3/c14-9-13(16)15-5-4-10-2-3-11-12(8-10)18-7-1-6-17-11/h2-3,8H,1,4-7,9,14H2,(H,15,16). The Morgan fingerprint density at radius 1 is 1.28 bits per heavy atom. The van der Waals surface area contributed by atoms with Crippen LogP contribution in [0.25, 0.3) is 0 Å². The lowest BCUT2D eigenvalue weighted by atomic mass is 10.1. The molecule has 5 heteroatoms. The van der Waals surface area contributed by atoms with Gasteiger partial charge in [0.1, 0.15) is 0 Å². The van der Waals surface area contributed by atoms with Crippen LogP contribution < -0.4 is 20.5 Å². The van der Waals surface area contributed by atoms with Crippen LogP contribution in [0.2, 0.25) is 0 Å². The molecule has 0 saturated carbocycles. The Balaban J connectivity index is 1.93. The number of benzene rings is 1. The average molecular weight is 250 g/mol. The number of nitrogens with two attached hydrogens (primary N) is 1. The van der Waals surface area contributed by atoms with Gasteiger partial charge in [0.15, 0.2) is 11.5 Å². The number of carbonyl (C=O) groups is 1. The fourth-order valence-corrected chi connectivity index (χ4v) is 1.78. The third kappa shape index (κ3) is 3.37. The normalized spacial score (nSPS) is 13.8. The highest BCUT2D eigenvalue weighted by Gasteiger charge is 2.10. The number of rotatable bonds is 4. The molecule has 1 heterocycles. The number of fused-ring (bicyclic) bond motifs is 1. The molecule has 5 nitrogen and oxygen atoms in total. The van der Waals surface area contributed by atoms with E-state index in [0.717, 1.165) is 29.9 Å². The van der Waals surface area contributed by atoms with Gasteiger partial charge in [-0.2, -0.15) is 0 Å². The summed E-state index contributed by atoms with van der Waals surface area (Å²) in [6.07, 6.45) is 1.65. The van der Waals surface area contributed by atoms with Crippen molar-refractivity contribution in [2.75, 3.05) is 26.3 Å². The molecule has 0 radical (unpaired) electrons. The zero-order chi connectivity index (χ0) is 12.8. The molecule has 1 aliphatic heterocycles. The van der Waals surface area contributed by atoms with Crippen LogP contribution in [0.15, 0.2) is 18.2 Å². The first-order chi connectivity index (χ1) is 8.79. The van der Waals surface area contributed by atoms with Gasteiger partial charge in [-0.3, -0.25) is 4.79 Å². The summed E-state index contributed by atoms with van der Waals surface area (Å²) in [6.45, 7) is 1.98. The number of amides is 1. The number of ether oxygens (including phenoxy) is 2.